The van der Waals surface area contributed by atoms with Crippen LogP contribution in [0.25, 0.3) is 11.3 Å². The van der Waals surface area contributed by atoms with Gasteiger partial charge in [-0.2, -0.15) is 10.4 Å². The molecular formula is C24H29N5OS. The second-order valence-electron chi connectivity index (χ2n) is 7.09. The first-order chi connectivity index (χ1) is 14.9. The summed E-state index contributed by atoms with van der Waals surface area (Å²) in [7, 11) is 0. The zero-order chi connectivity index (χ0) is 22.8. The number of nitriles is 1. The third-order valence-electron chi connectivity index (χ3n) is 4.49. The van der Waals surface area contributed by atoms with Crippen LogP contribution in [-0.4, -0.2) is 20.5 Å². The highest BCUT2D eigenvalue weighted by atomic mass is 32.1. The summed E-state index contributed by atoms with van der Waals surface area (Å²) in [5, 5.41) is 14.0. The van der Waals surface area contributed by atoms with Crippen molar-refractivity contribution in [1.29, 1.82) is 5.26 Å². The van der Waals surface area contributed by atoms with E-state index in [1.54, 1.807) is 35.1 Å². The Kier molecular flexibility index (Phi) is 9.16. The minimum atomic E-state index is 0.0788. The molecule has 0 fully saturated rings. The van der Waals surface area contributed by atoms with E-state index < -0.39 is 0 Å². The Morgan fingerprint density at radius 1 is 1.35 bits per heavy atom. The van der Waals surface area contributed by atoms with Crippen LogP contribution in [-0.2, 0) is 30.6 Å². The highest BCUT2D eigenvalue weighted by Gasteiger charge is 2.10. The molecule has 0 bridgehead atoms. The molecule has 2 aromatic heterocycles. The Labute approximate surface area is 188 Å². The molecule has 0 radical (unpaired) electrons. The van der Waals surface area contributed by atoms with Crippen molar-refractivity contribution < 1.29 is 4.79 Å². The van der Waals surface area contributed by atoms with E-state index in [1.807, 2.05) is 31.2 Å². The summed E-state index contributed by atoms with van der Waals surface area (Å²) in [6, 6.07) is 11.4. The molecular weight excluding hydrogens is 406 g/mol. The van der Waals surface area contributed by atoms with Crippen LogP contribution < -0.4 is 5.73 Å². The van der Waals surface area contributed by atoms with E-state index >= 15 is 0 Å². The molecule has 162 valence electrons. The number of anilines is 1. The predicted octanol–water partition coefficient (Wildman–Crippen LogP) is 4.98. The van der Waals surface area contributed by atoms with Crippen LogP contribution >= 0.6 is 11.3 Å². The Morgan fingerprint density at radius 3 is 2.74 bits per heavy atom. The molecule has 2 N–H and O–H groups in total. The highest BCUT2D eigenvalue weighted by Crippen LogP contribution is 2.22. The first-order valence-corrected chi connectivity index (χ1v) is 11.1. The summed E-state index contributed by atoms with van der Waals surface area (Å²) in [4.78, 5) is 16.8. The third-order valence-corrected chi connectivity index (χ3v) is 5.48. The number of hydrogen-bond donors (Lipinski definition) is 1. The molecule has 0 amide bonds. The van der Waals surface area contributed by atoms with Crippen molar-refractivity contribution in [3.63, 3.8) is 0 Å². The number of ketones is 1. The van der Waals surface area contributed by atoms with Crippen molar-refractivity contribution in [2.75, 3.05) is 5.73 Å². The van der Waals surface area contributed by atoms with Gasteiger partial charge in [-0.1, -0.05) is 38.5 Å². The molecule has 0 spiro atoms. The summed E-state index contributed by atoms with van der Waals surface area (Å²) in [5.74, 6) is 0.0788. The van der Waals surface area contributed by atoms with E-state index in [0.717, 1.165) is 48.3 Å². The van der Waals surface area contributed by atoms with Crippen LogP contribution in [0.5, 0.6) is 0 Å². The molecule has 0 saturated heterocycles. The number of aryl methyl sites for hydroxylation is 2. The van der Waals surface area contributed by atoms with Crippen molar-refractivity contribution in [2.24, 2.45) is 0 Å². The SMILES string of the molecule is C=CCc1nc(N)sc1CCC.CCc1cc(-c2cccc(C#N)c2)nn1CC(C)=O. The summed E-state index contributed by atoms with van der Waals surface area (Å²) >= 11 is 1.60. The molecule has 31 heavy (non-hydrogen) atoms. The van der Waals surface area contributed by atoms with E-state index in [4.69, 9.17) is 11.0 Å². The smallest absolute Gasteiger partial charge is 0.180 e. The van der Waals surface area contributed by atoms with Crippen LogP contribution in [0, 0.1) is 11.3 Å². The first-order valence-electron chi connectivity index (χ1n) is 10.3. The van der Waals surface area contributed by atoms with Gasteiger partial charge >= 0.3 is 0 Å². The van der Waals surface area contributed by atoms with Gasteiger partial charge in [-0.15, -0.1) is 17.9 Å². The number of aromatic nitrogens is 3. The molecule has 0 aliphatic rings. The minimum absolute atomic E-state index is 0.0788. The largest absolute Gasteiger partial charge is 0.375 e. The Bertz CT molecular complexity index is 1070. The van der Waals surface area contributed by atoms with Gasteiger partial charge in [0.25, 0.3) is 0 Å². The fourth-order valence-corrected chi connectivity index (χ4v) is 4.06. The minimum Gasteiger partial charge on any atom is -0.375 e. The number of carbonyl (C=O) groups excluding carboxylic acids is 1. The molecule has 0 unspecified atom stereocenters. The lowest BCUT2D eigenvalue weighted by atomic mass is 10.1. The van der Waals surface area contributed by atoms with Gasteiger partial charge in [0.2, 0.25) is 0 Å². The van der Waals surface area contributed by atoms with Gasteiger partial charge in [0, 0.05) is 22.6 Å². The average Bonchev–Trinajstić information content (AvgIpc) is 3.31. The van der Waals surface area contributed by atoms with Crippen LogP contribution in [0.3, 0.4) is 0 Å². The first kappa shape index (κ1) is 24.0. The second-order valence-corrected chi connectivity index (χ2v) is 8.21. The zero-order valence-electron chi connectivity index (χ0n) is 18.4. The number of hydrogen-bond acceptors (Lipinski definition) is 6. The van der Waals surface area contributed by atoms with Crippen LogP contribution in [0.1, 0.15) is 49.0 Å². The second kappa shape index (κ2) is 11.8. The van der Waals surface area contributed by atoms with Crippen molar-refractivity contribution in [3.8, 4) is 17.3 Å². The maximum absolute atomic E-state index is 11.2. The molecule has 6 nitrogen and oxygen atoms in total. The molecule has 7 heteroatoms. The van der Waals surface area contributed by atoms with Crippen molar-refractivity contribution in [3.05, 3.63) is 64.8 Å². The van der Waals surface area contributed by atoms with Crippen molar-refractivity contribution in [2.45, 2.75) is 53.0 Å². The number of Topliss-reactive ketones (excluding diaryl/α,β-unsaturated/α-hetero) is 1. The van der Waals surface area contributed by atoms with E-state index in [2.05, 4.69) is 29.7 Å². The Hall–Kier alpha value is -3.24. The Morgan fingerprint density at radius 2 is 2.13 bits per heavy atom. The Balaban J connectivity index is 0.000000245. The van der Waals surface area contributed by atoms with Gasteiger partial charge in [0.1, 0.15) is 0 Å². The summed E-state index contributed by atoms with van der Waals surface area (Å²) in [6.07, 6.45) is 5.75. The van der Waals surface area contributed by atoms with Crippen molar-refractivity contribution in [1.82, 2.24) is 14.8 Å². The third kappa shape index (κ3) is 6.90. The highest BCUT2D eigenvalue weighted by molar-refractivity contribution is 7.15. The van der Waals surface area contributed by atoms with Gasteiger partial charge in [0.15, 0.2) is 10.9 Å². The van der Waals surface area contributed by atoms with Crippen LogP contribution in [0.2, 0.25) is 0 Å². The lowest BCUT2D eigenvalue weighted by Crippen LogP contribution is -2.10. The number of rotatable bonds is 8. The van der Waals surface area contributed by atoms with Gasteiger partial charge in [-0.05, 0) is 38.0 Å². The summed E-state index contributed by atoms with van der Waals surface area (Å²) < 4.78 is 1.73. The number of nitrogens with two attached hydrogens (primary N) is 1. The fourth-order valence-electron chi connectivity index (χ4n) is 3.10. The lowest BCUT2D eigenvalue weighted by Gasteiger charge is -2.01. The molecule has 3 rings (SSSR count). The standard InChI is InChI=1S/C15H15N3O.C9H14N2S/c1-3-14-8-15(17-18(14)10-11(2)19)13-6-4-5-12(7-13)9-16;1-3-5-7-8(6-4-2)12-9(10)11-7/h4-8H,3,10H2,1-2H3;3H,1,4-6H2,2H3,(H2,10,11). The number of thiazole rings is 1. The van der Waals surface area contributed by atoms with Gasteiger partial charge in [-0.25, -0.2) is 4.98 Å². The normalized spacial score (nSPS) is 10.1. The molecule has 0 aliphatic carbocycles. The van der Waals surface area contributed by atoms with E-state index in [9.17, 15) is 4.79 Å². The molecule has 2 heterocycles. The van der Waals surface area contributed by atoms with Gasteiger partial charge in [0.05, 0.1) is 29.6 Å². The lowest BCUT2D eigenvalue weighted by molar-refractivity contribution is -0.117. The topological polar surface area (TPSA) is 97.6 Å². The number of carbonyl (C=O) groups is 1. The number of benzene rings is 1. The van der Waals surface area contributed by atoms with Crippen LogP contribution in [0.15, 0.2) is 43.0 Å². The molecule has 3 aromatic rings. The van der Waals surface area contributed by atoms with Gasteiger partial charge < -0.3 is 5.73 Å². The van der Waals surface area contributed by atoms with Crippen LogP contribution in [0.4, 0.5) is 5.13 Å². The van der Waals surface area contributed by atoms with E-state index in [-0.39, 0.29) is 5.78 Å². The number of nitrogen functional groups attached to an aromatic ring is 1. The van der Waals surface area contributed by atoms with Crippen molar-refractivity contribution >= 4 is 22.3 Å². The predicted molar refractivity (Wildman–Crippen MR) is 127 cm³/mol. The van der Waals surface area contributed by atoms with E-state index in [1.165, 1.54) is 4.88 Å². The maximum Gasteiger partial charge on any atom is 0.180 e. The van der Waals surface area contributed by atoms with E-state index in [0.29, 0.717) is 17.2 Å². The fraction of sp³-hybridized carbons (Fsp3) is 0.333. The molecule has 0 aliphatic heterocycles. The molecule has 1 aromatic carbocycles. The zero-order valence-corrected chi connectivity index (χ0v) is 19.2. The molecule has 0 atom stereocenters. The summed E-state index contributed by atoms with van der Waals surface area (Å²) in [6.45, 7) is 9.73. The number of allylic oxidation sites excluding steroid dienone is 1. The monoisotopic (exact) mass is 435 g/mol. The maximum atomic E-state index is 11.2. The quantitative estimate of drug-likeness (QED) is 0.503. The van der Waals surface area contributed by atoms with Gasteiger partial charge in [-0.3, -0.25) is 9.48 Å². The average molecular weight is 436 g/mol. The molecule has 0 saturated carbocycles. The summed E-state index contributed by atoms with van der Waals surface area (Å²) in [5.41, 5.74) is 10.0. The number of nitrogens with zero attached hydrogens (tertiary/aromatic N) is 4.